The van der Waals surface area contributed by atoms with Gasteiger partial charge >= 0.3 is 5.97 Å². The number of nitrogens with zero attached hydrogens (tertiary/aromatic N) is 3. The van der Waals surface area contributed by atoms with E-state index in [1.165, 1.54) is 6.07 Å². The van der Waals surface area contributed by atoms with Gasteiger partial charge in [-0.15, -0.1) is 0 Å². The van der Waals surface area contributed by atoms with Crippen LogP contribution in [0.4, 0.5) is 18.9 Å². The van der Waals surface area contributed by atoms with E-state index in [4.69, 9.17) is 16.7 Å². The van der Waals surface area contributed by atoms with Crippen LogP contribution in [-0.2, 0) is 11.3 Å². The Labute approximate surface area is 233 Å². The second kappa shape index (κ2) is 8.86. The molecule has 2 N–H and O–H groups in total. The summed E-state index contributed by atoms with van der Waals surface area (Å²) in [5, 5.41) is 17.7. The van der Waals surface area contributed by atoms with Crippen LogP contribution in [0.2, 0.25) is 5.02 Å². The van der Waals surface area contributed by atoms with Gasteiger partial charge in [0.1, 0.15) is 5.82 Å². The maximum atomic E-state index is 15.2. The first-order valence-corrected chi connectivity index (χ1v) is 13.9. The van der Waals surface area contributed by atoms with Crippen molar-refractivity contribution in [2.24, 2.45) is 22.7 Å². The average molecular weight is 573 g/mol. The fourth-order valence-corrected chi connectivity index (χ4v) is 7.64. The van der Waals surface area contributed by atoms with Gasteiger partial charge in [-0.25, -0.2) is 13.2 Å². The minimum Gasteiger partial charge on any atom is -0.481 e. The SMILES string of the molecule is O=C(NC1CC2(C1)CC(C(=O)O)C2)c1ccc(Cl)c2cnn(Cc3ccc(N4CC5CC5(C(F)F)C4)c(F)c3)c12. The van der Waals surface area contributed by atoms with Crippen LogP contribution < -0.4 is 10.2 Å². The Hall–Kier alpha value is -3.27. The lowest BCUT2D eigenvalue weighted by Gasteiger charge is -2.56. The number of carbonyl (C=O) groups is 2. The Bertz CT molecular complexity index is 1550. The van der Waals surface area contributed by atoms with E-state index in [9.17, 15) is 18.4 Å². The molecule has 11 heteroatoms. The van der Waals surface area contributed by atoms with Gasteiger partial charge in [0.05, 0.1) is 45.9 Å². The van der Waals surface area contributed by atoms with Crippen LogP contribution in [0, 0.1) is 28.5 Å². The van der Waals surface area contributed by atoms with Crippen LogP contribution in [0.5, 0.6) is 0 Å². The Kier molecular flexibility index (Phi) is 5.69. The molecule has 3 aliphatic carbocycles. The lowest BCUT2D eigenvalue weighted by atomic mass is 9.50. The van der Waals surface area contributed by atoms with E-state index in [0.717, 1.165) is 12.8 Å². The van der Waals surface area contributed by atoms with Gasteiger partial charge in [0, 0.05) is 24.5 Å². The first-order chi connectivity index (χ1) is 19.1. The molecule has 1 aliphatic heterocycles. The highest BCUT2D eigenvalue weighted by atomic mass is 35.5. The Morgan fingerprint density at radius 3 is 2.60 bits per heavy atom. The smallest absolute Gasteiger partial charge is 0.306 e. The molecule has 3 aromatic rings. The largest absolute Gasteiger partial charge is 0.481 e. The maximum absolute atomic E-state index is 15.2. The lowest BCUT2D eigenvalue weighted by molar-refractivity contribution is -0.155. The number of aliphatic carboxylic acids is 1. The molecule has 2 unspecified atom stereocenters. The van der Waals surface area contributed by atoms with E-state index < -0.39 is 23.6 Å². The minimum absolute atomic E-state index is 0.0215. The van der Waals surface area contributed by atoms with Crippen LogP contribution >= 0.6 is 11.6 Å². The van der Waals surface area contributed by atoms with Crippen LogP contribution in [-0.4, -0.2) is 52.3 Å². The zero-order valence-electron chi connectivity index (χ0n) is 21.5. The number of halogens is 4. The zero-order valence-corrected chi connectivity index (χ0v) is 22.3. The number of hydrogen-bond donors (Lipinski definition) is 2. The van der Waals surface area contributed by atoms with Gasteiger partial charge in [-0.2, -0.15) is 5.10 Å². The Balaban J connectivity index is 1.07. The molecule has 210 valence electrons. The van der Waals surface area contributed by atoms with Gasteiger partial charge in [-0.05, 0) is 73.3 Å². The number of carboxylic acid groups (broad SMARTS) is 1. The van der Waals surface area contributed by atoms with Crippen molar-refractivity contribution in [2.75, 3.05) is 18.0 Å². The highest BCUT2D eigenvalue weighted by molar-refractivity contribution is 6.36. The minimum atomic E-state index is -2.40. The van der Waals surface area contributed by atoms with Gasteiger partial charge in [0.2, 0.25) is 6.43 Å². The summed E-state index contributed by atoms with van der Waals surface area (Å²) in [7, 11) is 0. The first-order valence-electron chi connectivity index (χ1n) is 13.6. The number of benzene rings is 2. The van der Waals surface area contributed by atoms with Crippen molar-refractivity contribution >= 4 is 40.1 Å². The van der Waals surface area contributed by atoms with Crippen molar-refractivity contribution in [3.8, 4) is 0 Å². The summed E-state index contributed by atoms with van der Waals surface area (Å²) in [6, 6.07) is 8.05. The number of nitrogens with one attached hydrogen (secondary N) is 1. The summed E-state index contributed by atoms with van der Waals surface area (Å²) in [5.41, 5.74) is 0.920. The molecule has 7 rings (SSSR count). The second-order valence-electron chi connectivity index (χ2n) is 12.3. The highest BCUT2D eigenvalue weighted by Gasteiger charge is 2.65. The van der Waals surface area contributed by atoms with E-state index in [0.29, 0.717) is 58.5 Å². The Morgan fingerprint density at radius 1 is 1.15 bits per heavy atom. The van der Waals surface area contributed by atoms with Gasteiger partial charge < -0.3 is 15.3 Å². The molecule has 3 saturated carbocycles. The second-order valence-corrected chi connectivity index (χ2v) is 12.7. The molecular formula is C29H28ClF3N4O3. The predicted molar refractivity (Wildman–Crippen MR) is 142 cm³/mol. The number of anilines is 1. The standard InChI is InChI=1S/C29H28ClF3N4O3/c30-21-3-2-19(25(38)35-18-9-28(10-18)6-16(7-28)26(39)40)24-20(21)11-34-37(24)12-15-1-4-23(22(31)5-15)36-13-17-8-29(17,14-36)27(32)33/h1-5,11,16-18,27H,6-10,12-14H2,(H,35,38)(H,39,40). The summed E-state index contributed by atoms with van der Waals surface area (Å²) in [6.45, 7) is 0.784. The molecular weight excluding hydrogens is 545 g/mol. The number of amides is 1. The van der Waals surface area contributed by atoms with Gasteiger partial charge in [0.15, 0.2) is 0 Å². The molecule has 7 nitrogen and oxygen atoms in total. The maximum Gasteiger partial charge on any atom is 0.306 e. The van der Waals surface area contributed by atoms with Crippen LogP contribution in [0.3, 0.4) is 0 Å². The van der Waals surface area contributed by atoms with E-state index in [1.807, 2.05) is 0 Å². The topological polar surface area (TPSA) is 87.5 Å². The number of rotatable bonds is 7. The van der Waals surface area contributed by atoms with Crippen molar-refractivity contribution < 1.29 is 27.9 Å². The quantitative estimate of drug-likeness (QED) is 0.399. The summed E-state index contributed by atoms with van der Waals surface area (Å²) >= 11 is 6.41. The molecule has 0 bridgehead atoms. The van der Waals surface area contributed by atoms with Crippen molar-refractivity contribution in [1.82, 2.24) is 15.1 Å². The van der Waals surface area contributed by atoms with Gasteiger partial charge in [-0.1, -0.05) is 17.7 Å². The molecule has 2 heterocycles. The van der Waals surface area contributed by atoms with E-state index in [2.05, 4.69) is 10.4 Å². The lowest BCUT2D eigenvalue weighted by Crippen LogP contribution is -2.57. The molecule has 2 atom stereocenters. The van der Waals surface area contributed by atoms with Crippen LogP contribution in [0.1, 0.15) is 48.0 Å². The van der Waals surface area contributed by atoms with E-state index in [-0.39, 0.29) is 42.3 Å². The predicted octanol–water partition coefficient (Wildman–Crippen LogP) is 5.34. The number of fused-ring (bicyclic) bond motifs is 2. The van der Waals surface area contributed by atoms with Crippen LogP contribution in [0.25, 0.3) is 10.9 Å². The molecule has 4 aliphatic rings. The van der Waals surface area contributed by atoms with Gasteiger partial charge in [0.25, 0.3) is 5.91 Å². The highest BCUT2D eigenvalue weighted by Crippen LogP contribution is 2.62. The number of alkyl halides is 2. The zero-order chi connectivity index (χ0) is 28.0. The molecule has 1 spiro atoms. The molecule has 40 heavy (non-hydrogen) atoms. The summed E-state index contributed by atoms with van der Waals surface area (Å²) in [5.74, 6) is -1.86. The number of piperidine rings is 1. The molecule has 2 aromatic carbocycles. The Morgan fingerprint density at radius 2 is 1.93 bits per heavy atom. The average Bonchev–Trinajstić information content (AvgIpc) is 3.20. The first kappa shape index (κ1) is 25.7. The van der Waals surface area contributed by atoms with Gasteiger partial charge in [-0.3, -0.25) is 14.3 Å². The van der Waals surface area contributed by atoms with Crippen molar-refractivity contribution in [1.29, 1.82) is 0 Å². The fourth-order valence-electron chi connectivity index (χ4n) is 7.44. The van der Waals surface area contributed by atoms with E-state index >= 15 is 4.39 Å². The number of carboxylic acids is 1. The normalized spacial score (nSPS) is 30.3. The third-order valence-electron chi connectivity index (χ3n) is 9.72. The van der Waals surface area contributed by atoms with Crippen molar-refractivity contribution in [2.45, 2.75) is 51.1 Å². The fraction of sp³-hybridized carbons (Fsp3) is 0.483. The van der Waals surface area contributed by atoms with Crippen molar-refractivity contribution in [3.05, 3.63) is 58.5 Å². The summed E-state index contributed by atoms with van der Waals surface area (Å²) < 4.78 is 43.7. The number of hydrogen-bond acceptors (Lipinski definition) is 4. The monoisotopic (exact) mass is 572 g/mol. The summed E-state index contributed by atoms with van der Waals surface area (Å²) in [4.78, 5) is 26.2. The summed E-state index contributed by atoms with van der Waals surface area (Å²) in [6.07, 6.45) is 2.53. The number of aromatic nitrogens is 2. The molecule has 1 aromatic heterocycles. The molecule has 1 saturated heterocycles. The van der Waals surface area contributed by atoms with Crippen LogP contribution in [0.15, 0.2) is 36.5 Å². The van der Waals surface area contributed by atoms with Crippen molar-refractivity contribution in [3.63, 3.8) is 0 Å². The molecule has 0 radical (unpaired) electrons. The third-order valence-corrected chi connectivity index (χ3v) is 10.0. The third kappa shape index (κ3) is 3.97. The molecule has 4 fully saturated rings. The number of carbonyl (C=O) groups excluding carboxylic acids is 1. The van der Waals surface area contributed by atoms with E-state index in [1.54, 1.807) is 40.0 Å². The molecule has 1 amide bonds.